The van der Waals surface area contributed by atoms with E-state index in [9.17, 15) is 14.3 Å². The Kier molecular flexibility index (Phi) is 5.63. The second-order valence-electron chi connectivity index (χ2n) is 3.93. The smallest absolute Gasteiger partial charge is 0.306 e. The molecule has 0 aliphatic rings. The molecule has 0 aliphatic carbocycles. The minimum atomic E-state index is -1.32. The molecule has 0 spiro atoms. The van der Waals surface area contributed by atoms with Gasteiger partial charge in [-0.25, -0.2) is 4.39 Å². The van der Waals surface area contributed by atoms with Gasteiger partial charge in [-0.2, -0.15) is 0 Å². The summed E-state index contributed by atoms with van der Waals surface area (Å²) in [4.78, 5) is 11.3. The molecule has 0 amide bonds. The lowest BCUT2D eigenvalue weighted by molar-refractivity contribution is -0.145. The maximum atomic E-state index is 12.6. The molecule has 3 nitrogen and oxygen atoms in total. The van der Waals surface area contributed by atoms with E-state index < -0.39 is 18.2 Å². The van der Waals surface area contributed by atoms with Crippen molar-refractivity contribution in [2.24, 2.45) is 0 Å². The van der Waals surface area contributed by atoms with Crippen molar-refractivity contribution < 1.29 is 19.0 Å². The molecule has 1 N–H and O–H groups in total. The number of halogens is 1. The highest BCUT2D eigenvalue weighted by Gasteiger charge is 2.15. The van der Waals surface area contributed by atoms with Gasteiger partial charge in [-0.15, -0.1) is 0 Å². The van der Waals surface area contributed by atoms with Crippen LogP contribution in [-0.2, 0) is 16.1 Å². The van der Waals surface area contributed by atoms with Crippen LogP contribution in [-0.4, -0.2) is 23.4 Å². The molecule has 0 aliphatic heterocycles. The second-order valence-corrected chi connectivity index (χ2v) is 3.93. The Labute approximate surface area is 100 Å². The van der Waals surface area contributed by atoms with Crippen LogP contribution in [0.5, 0.6) is 0 Å². The zero-order valence-corrected chi connectivity index (χ0v) is 9.80. The monoisotopic (exact) mass is 240 g/mol. The predicted molar refractivity (Wildman–Crippen MR) is 62.0 cm³/mol. The number of hydrogen-bond acceptors (Lipinski definition) is 3. The summed E-state index contributed by atoms with van der Waals surface area (Å²) in [7, 11) is 0. The van der Waals surface area contributed by atoms with Crippen LogP contribution in [0.4, 0.5) is 4.39 Å². The summed E-state index contributed by atoms with van der Waals surface area (Å²) < 4.78 is 17.6. The molecule has 0 bridgehead atoms. The molecule has 0 fully saturated rings. The lowest BCUT2D eigenvalue weighted by Gasteiger charge is -2.10. The van der Waals surface area contributed by atoms with E-state index in [0.717, 1.165) is 5.56 Å². The van der Waals surface area contributed by atoms with Gasteiger partial charge < -0.3 is 9.84 Å². The van der Waals surface area contributed by atoms with E-state index >= 15 is 0 Å². The zero-order chi connectivity index (χ0) is 12.7. The number of aliphatic hydroxyl groups is 1. The maximum Gasteiger partial charge on any atom is 0.306 e. The summed E-state index contributed by atoms with van der Waals surface area (Å²) in [6, 6.07) is 9.30. The highest BCUT2D eigenvalue weighted by molar-refractivity contribution is 5.69. The predicted octanol–water partition coefficient (Wildman–Crippen LogP) is 2.23. The fourth-order valence-electron chi connectivity index (χ4n) is 1.31. The van der Waals surface area contributed by atoms with Crippen molar-refractivity contribution >= 4 is 5.97 Å². The van der Waals surface area contributed by atoms with Crippen molar-refractivity contribution in [1.82, 2.24) is 0 Å². The SMILES string of the molecule is C[C@H](F)[C@H](O)CCC(=O)OCc1ccccc1. The number of benzene rings is 1. The van der Waals surface area contributed by atoms with E-state index in [2.05, 4.69) is 0 Å². The lowest BCUT2D eigenvalue weighted by atomic mass is 10.1. The molecule has 1 aromatic carbocycles. The average molecular weight is 240 g/mol. The molecule has 0 saturated carbocycles. The first-order valence-electron chi connectivity index (χ1n) is 5.61. The quantitative estimate of drug-likeness (QED) is 0.775. The van der Waals surface area contributed by atoms with E-state index in [1.54, 1.807) is 0 Å². The number of carbonyl (C=O) groups excluding carboxylic acids is 1. The number of hydrogen-bond donors (Lipinski definition) is 1. The van der Waals surface area contributed by atoms with E-state index in [4.69, 9.17) is 4.74 Å². The van der Waals surface area contributed by atoms with E-state index in [-0.39, 0.29) is 19.4 Å². The Hall–Kier alpha value is -1.42. The Balaban J connectivity index is 2.22. The number of esters is 1. The minimum absolute atomic E-state index is 0.0300. The van der Waals surface area contributed by atoms with Gasteiger partial charge in [-0.3, -0.25) is 4.79 Å². The second kappa shape index (κ2) is 7.01. The molecular weight excluding hydrogens is 223 g/mol. The fraction of sp³-hybridized carbons (Fsp3) is 0.462. The first-order valence-corrected chi connectivity index (χ1v) is 5.61. The number of carbonyl (C=O) groups is 1. The Bertz CT molecular complexity index is 338. The van der Waals surface area contributed by atoms with Crippen LogP contribution in [0.1, 0.15) is 25.3 Å². The van der Waals surface area contributed by atoms with Crippen LogP contribution in [0.15, 0.2) is 30.3 Å². The maximum absolute atomic E-state index is 12.6. The summed E-state index contributed by atoms with van der Waals surface area (Å²) in [5.74, 6) is -0.423. The van der Waals surface area contributed by atoms with Gasteiger partial charge in [0.05, 0.1) is 6.10 Å². The van der Waals surface area contributed by atoms with E-state index in [1.807, 2.05) is 30.3 Å². The summed E-state index contributed by atoms with van der Waals surface area (Å²) in [5, 5.41) is 9.18. The summed E-state index contributed by atoms with van der Waals surface area (Å²) in [6.07, 6.45) is -2.30. The van der Waals surface area contributed by atoms with Gasteiger partial charge in [0.1, 0.15) is 12.8 Å². The highest BCUT2D eigenvalue weighted by Crippen LogP contribution is 2.07. The lowest BCUT2D eigenvalue weighted by Crippen LogP contribution is -2.20. The van der Waals surface area contributed by atoms with Crippen molar-refractivity contribution in [2.45, 2.75) is 38.6 Å². The number of ether oxygens (including phenoxy) is 1. The van der Waals surface area contributed by atoms with Crippen LogP contribution in [0.2, 0.25) is 0 Å². The molecule has 0 saturated heterocycles. The van der Waals surface area contributed by atoms with Gasteiger partial charge >= 0.3 is 5.97 Å². The topological polar surface area (TPSA) is 46.5 Å². The Morgan fingerprint density at radius 1 is 1.41 bits per heavy atom. The standard InChI is InChI=1S/C13H17FO3/c1-10(14)12(15)7-8-13(16)17-9-11-5-3-2-4-6-11/h2-6,10,12,15H,7-9H2,1H3/t10-,12+/m0/s1. The third kappa shape index (κ3) is 5.45. The normalized spacial score (nSPS) is 14.1. The molecule has 1 rings (SSSR count). The van der Waals surface area contributed by atoms with Gasteiger partial charge in [0.15, 0.2) is 0 Å². The highest BCUT2D eigenvalue weighted by atomic mass is 19.1. The summed E-state index contributed by atoms with van der Waals surface area (Å²) in [6.45, 7) is 1.47. The fourth-order valence-corrected chi connectivity index (χ4v) is 1.31. The molecule has 2 atom stereocenters. The van der Waals surface area contributed by atoms with Crippen LogP contribution < -0.4 is 0 Å². The van der Waals surface area contributed by atoms with Crippen molar-refractivity contribution in [3.8, 4) is 0 Å². The molecular formula is C13H17FO3. The number of rotatable bonds is 6. The first-order chi connectivity index (χ1) is 8.09. The van der Waals surface area contributed by atoms with Gasteiger partial charge in [0, 0.05) is 6.42 Å². The van der Waals surface area contributed by atoms with Crippen LogP contribution >= 0.6 is 0 Å². The molecule has 4 heteroatoms. The van der Waals surface area contributed by atoms with Crippen molar-refractivity contribution in [1.29, 1.82) is 0 Å². The summed E-state index contributed by atoms with van der Waals surface area (Å²) >= 11 is 0. The van der Waals surface area contributed by atoms with Gasteiger partial charge in [-0.1, -0.05) is 30.3 Å². The van der Waals surface area contributed by atoms with Crippen molar-refractivity contribution in [3.05, 3.63) is 35.9 Å². The number of aliphatic hydroxyl groups excluding tert-OH is 1. The third-order valence-corrected chi connectivity index (χ3v) is 2.42. The minimum Gasteiger partial charge on any atom is -0.461 e. The van der Waals surface area contributed by atoms with E-state index in [0.29, 0.717) is 0 Å². The van der Waals surface area contributed by atoms with Crippen LogP contribution in [0, 0.1) is 0 Å². The third-order valence-electron chi connectivity index (χ3n) is 2.42. The molecule has 17 heavy (non-hydrogen) atoms. The van der Waals surface area contributed by atoms with Gasteiger partial charge in [-0.05, 0) is 18.9 Å². The molecule has 0 aromatic heterocycles. The molecule has 0 unspecified atom stereocenters. The van der Waals surface area contributed by atoms with Gasteiger partial charge in [0.25, 0.3) is 0 Å². The Morgan fingerprint density at radius 2 is 2.06 bits per heavy atom. The summed E-state index contributed by atoms with van der Waals surface area (Å²) in [5.41, 5.74) is 0.903. The van der Waals surface area contributed by atoms with Crippen LogP contribution in [0.25, 0.3) is 0 Å². The van der Waals surface area contributed by atoms with Crippen molar-refractivity contribution in [2.75, 3.05) is 0 Å². The molecule has 1 aromatic rings. The molecule has 0 heterocycles. The molecule has 94 valence electrons. The number of alkyl halides is 1. The first kappa shape index (κ1) is 13.6. The van der Waals surface area contributed by atoms with Crippen molar-refractivity contribution in [3.63, 3.8) is 0 Å². The Morgan fingerprint density at radius 3 is 2.65 bits per heavy atom. The van der Waals surface area contributed by atoms with E-state index in [1.165, 1.54) is 6.92 Å². The zero-order valence-electron chi connectivity index (χ0n) is 9.80. The van der Waals surface area contributed by atoms with Gasteiger partial charge in [0.2, 0.25) is 0 Å². The largest absolute Gasteiger partial charge is 0.461 e. The van der Waals surface area contributed by atoms with Crippen LogP contribution in [0.3, 0.4) is 0 Å². The average Bonchev–Trinajstić information content (AvgIpc) is 2.34. The molecule has 0 radical (unpaired) electrons.